The Morgan fingerprint density at radius 3 is 2.07 bits per heavy atom. The van der Waals surface area contributed by atoms with E-state index in [2.05, 4.69) is 41.9 Å². The molecule has 0 heterocycles. The molecule has 0 bridgehead atoms. The summed E-state index contributed by atoms with van der Waals surface area (Å²) in [7, 11) is 0. The first-order valence-corrected chi connectivity index (χ1v) is 5.82. The maximum atomic E-state index is 10.2. The molecule has 0 saturated heterocycles. The lowest BCUT2D eigenvalue weighted by Gasteiger charge is -2.37. The third kappa shape index (κ3) is 1.51. The molecule has 1 aromatic carbocycles. The maximum absolute atomic E-state index is 10.2. The van der Waals surface area contributed by atoms with Gasteiger partial charge in [0.2, 0.25) is 0 Å². The van der Waals surface area contributed by atoms with Gasteiger partial charge in [0, 0.05) is 4.47 Å². The Balaban J connectivity index is 2.45. The topological polar surface area (TPSA) is 20.2 Å². The Kier molecular flexibility index (Phi) is 2.44. The average Bonchev–Trinajstić information content (AvgIpc) is 2.09. The first-order valence-electron chi connectivity index (χ1n) is 5.02. The Morgan fingerprint density at radius 2 is 1.71 bits per heavy atom. The van der Waals surface area contributed by atoms with Crippen LogP contribution in [-0.2, 0) is 5.60 Å². The van der Waals surface area contributed by atoms with Crippen molar-refractivity contribution < 1.29 is 5.11 Å². The van der Waals surface area contributed by atoms with Gasteiger partial charge in [0.15, 0.2) is 0 Å². The summed E-state index contributed by atoms with van der Waals surface area (Å²) in [4.78, 5) is 0. The molecule has 76 valence electrons. The summed E-state index contributed by atoms with van der Waals surface area (Å²) in [5.74, 6) is 0. The second-order valence-electron chi connectivity index (χ2n) is 4.31. The van der Waals surface area contributed by atoms with Gasteiger partial charge in [0.05, 0.1) is 5.60 Å². The van der Waals surface area contributed by atoms with Gasteiger partial charge in [-0.25, -0.2) is 0 Å². The fraction of sp³-hybridized carbons (Fsp3) is 0.500. The molecule has 0 atom stereocenters. The number of halogens is 1. The fourth-order valence-corrected chi connectivity index (χ4v) is 2.24. The monoisotopic (exact) mass is 254 g/mol. The zero-order valence-electron chi connectivity index (χ0n) is 8.60. The molecule has 1 N–H and O–H groups in total. The molecule has 0 unspecified atom stereocenters. The number of benzene rings is 1. The van der Waals surface area contributed by atoms with Crippen LogP contribution in [0.4, 0.5) is 0 Å². The van der Waals surface area contributed by atoms with Crippen LogP contribution in [0.1, 0.15) is 36.0 Å². The fourth-order valence-electron chi connectivity index (χ4n) is 2.01. The summed E-state index contributed by atoms with van der Waals surface area (Å²) in [6, 6.07) is 4.19. The minimum Gasteiger partial charge on any atom is -0.385 e. The van der Waals surface area contributed by atoms with E-state index in [-0.39, 0.29) is 0 Å². The van der Waals surface area contributed by atoms with Gasteiger partial charge in [0.25, 0.3) is 0 Å². The predicted octanol–water partition coefficient (Wildman–Crippen LogP) is 3.44. The lowest BCUT2D eigenvalue weighted by Crippen LogP contribution is -2.33. The highest BCUT2D eigenvalue weighted by atomic mass is 79.9. The van der Waals surface area contributed by atoms with Gasteiger partial charge in [-0.15, -0.1) is 0 Å². The first-order chi connectivity index (χ1) is 6.53. The summed E-state index contributed by atoms with van der Waals surface area (Å²) < 4.78 is 1.16. The van der Waals surface area contributed by atoms with Crippen molar-refractivity contribution in [1.29, 1.82) is 0 Å². The van der Waals surface area contributed by atoms with E-state index in [4.69, 9.17) is 0 Å². The van der Waals surface area contributed by atoms with Gasteiger partial charge in [-0.1, -0.05) is 28.1 Å². The van der Waals surface area contributed by atoms with Crippen LogP contribution in [0.3, 0.4) is 0 Å². The Labute approximate surface area is 93.3 Å². The minimum atomic E-state index is -0.532. The highest BCUT2D eigenvalue weighted by molar-refractivity contribution is 9.10. The zero-order chi connectivity index (χ0) is 10.3. The van der Waals surface area contributed by atoms with Gasteiger partial charge in [-0.3, -0.25) is 0 Å². The second kappa shape index (κ2) is 3.35. The molecule has 0 radical (unpaired) electrons. The van der Waals surface area contributed by atoms with Gasteiger partial charge in [0.1, 0.15) is 0 Å². The number of hydrogen-bond donors (Lipinski definition) is 1. The highest BCUT2D eigenvalue weighted by Crippen LogP contribution is 2.42. The van der Waals surface area contributed by atoms with E-state index in [1.165, 1.54) is 11.1 Å². The normalized spacial score (nSPS) is 19.1. The molecule has 1 aliphatic rings. The molecule has 0 spiro atoms. The van der Waals surface area contributed by atoms with Crippen molar-refractivity contribution >= 4 is 15.9 Å². The lowest BCUT2D eigenvalue weighted by molar-refractivity contribution is -0.0388. The highest BCUT2D eigenvalue weighted by Gasteiger charge is 2.36. The summed E-state index contributed by atoms with van der Waals surface area (Å²) in [6.07, 6.45) is 2.96. The minimum absolute atomic E-state index is 0.532. The van der Waals surface area contributed by atoms with Crippen LogP contribution in [0.5, 0.6) is 0 Å². The molecule has 2 rings (SSSR count). The van der Waals surface area contributed by atoms with Crippen LogP contribution < -0.4 is 0 Å². The van der Waals surface area contributed by atoms with Crippen molar-refractivity contribution in [1.82, 2.24) is 0 Å². The summed E-state index contributed by atoms with van der Waals surface area (Å²) in [5.41, 5.74) is 2.97. The third-order valence-electron chi connectivity index (χ3n) is 3.15. The molecular weight excluding hydrogens is 240 g/mol. The van der Waals surface area contributed by atoms with E-state index in [9.17, 15) is 5.11 Å². The number of hydrogen-bond acceptors (Lipinski definition) is 1. The maximum Gasteiger partial charge on any atom is 0.0896 e. The largest absolute Gasteiger partial charge is 0.385 e. The van der Waals surface area contributed by atoms with E-state index in [0.29, 0.717) is 0 Å². The van der Waals surface area contributed by atoms with Crippen molar-refractivity contribution in [3.8, 4) is 0 Å². The van der Waals surface area contributed by atoms with Crippen molar-refractivity contribution in [3.63, 3.8) is 0 Å². The molecule has 0 aliphatic heterocycles. The number of aryl methyl sites for hydroxylation is 2. The summed E-state index contributed by atoms with van der Waals surface area (Å²) in [5, 5.41) is 10.2. The zero-order valence-corrected chi connectivity index (χ0v) is 10.2. The molecule has 0 amide bonds. The Bertz CT molecular complexity index is 344. The van der Waals surface area contributed by atoms with Gasteiger partial charge >= 0.3 is 0 Å². The van der Waals surface area contributed by atoms with E-state index in [1.807, 2.05) is 0 Å². The quantitative estimate of drug-likeness (QED) is 0.815. The summed E-state index contributed by atoms with van der Waals surface area (Å²) >= 11 is 3.54. The lowest BCUT2D eigenvalue weighted by atomic mass is 9.74. The van der Waals surface area contributed by atoms with Gasteiger partial charge < -0.3 is 5.11 Å². The molecule has 1 saturated carbocycles. The molecular formula is C12H15BrO. The van der Waals surface area contributed by atoms with E-state index < -0.39 is 5.60 Å². The second-order valence-corrected chi connectivity index (χ2v) is 5.10. The van der Waals surface area contributed by atoms with Crippen molar-refractivity contribution in [2.75, 3.05) is 0 Å². The molecule has 2 heteroatoms. The van der Waals surface area contributed by atoms with E-state index in [1.54, 1.807) is 0 Å². The Morgan fingerprint density at radius 1 is 1.21 bits per heavy atom. The van der Waals surface area contributed by atoms with Gasteiger partial charge in [-0.05, 0) is 49.8 Å². The number of rotatable bonds is 1. The molecule has 1 fully saturated rings. The Hall–Kier alpha value is -0.340. The standard InChI is InChI=1S/C12H15BrO/c1-8-6-10(7-9(2)11(8)13)12(14)4-3-5-12/h6-7,14H,3-5H2,1-2H3. The molecule has 1 aromatic rings. The first kappa shape index (κ1) is 10.2. The molecule has 0 aromatic heterocycles. The van der Waals surface area contributed by atoms with Crippen LogP contribution in [0.25, 0.3) is 0 Å². The van der Waals surface area contributed by atoms with E-state index in [0.717, 1.165) is 29.3 Å². The van der Waals surface area contributed by atoms with Crippen molar-refractivity contribution in [2.24, 2.45) is 0 Å². The average molecular weight is 255 g/mol. The predicted molar refractivity (Wildman–Crippen MR) is 61.4 cm³/mol. The molecule has 14 heavy (non-hydrogen) atoms. The summed E-state index contributed by atoms with van der Waals surface area (Å²) in [6.45, 7) is 4.14. The SMILES string of the molecule is Cc1cc(C2(O)CCC2)cc(C)c1Br. The molecule has 1 nitrogen and oxygen atoms in total. The van der Waals surface area contributed by atoms with Crippen LogP contribution in [0.15, 0.2) is 16.6 Å². The third-order valence-corrected chi connectivity index (χ3v) is 4.41. The van der Waals surface area contributed by atoms with Crippen LogP contribution in [0, 0.1) is 13.8 Å². The van der Waals surface area contributed by atoms with Crippen LogP contribution >= 0.6 is 15.9 Å². The van der Waals surface area contributed by atoms with Crippen LogP contribution in [0.2, 0.25) is 0 Å². The van der Waals surface area contributed by atoms with E-state index >= 15 is 0 Å². The van der Waals surface area contributed by atoms with Crippen molar-refractivity contribution in [2.45, 2.75) is 38.7 Å². The van der Waals surface area contributed by atoms with Crippen LogP contribution in [-0.4, -0.2) is 5.11 Å². The van der Waals surface area contributed by atoms with Gasteiger partial charge in [-0.2, -0.15) is 0 Å². The smallest absolute Gasteiger partial charge is 0.0896 e. The van der Waals surface area contributed by atoms with Crippen molar-refractivity contribution in [3.05, 3.63) is 33.3 Å². The molecule has 1 aliphatic carbocycles. The number of aliphatic hydroxyl groups is 1.